The van der Waals surface area contributed by atoms with Crippen molar-refractivity contribution < 1.29 is 4.74 Å². The Labute approximate surface area is 140 Å². The summed E-state index contributed by atoms with van der Waals surface area (Å²) in [5.41, 5.74) is 7.21. The van der Waals surface area contributed by atoms with Crippen LogP contribution in [-0.2, 0) is 7.05 Å². The Bertz CT molecular complexity index is 925. The first kappa shape index (κ1) is 13.8. The van der Waals surface area contributed by atoms with E-state index in [1.165, 1.54) is 22.4 Å². The van der Waals surface area contributed by atoms with Crippen LogP contribution in [0.15, 0.2) is 30.7 Å². The fraction of sp³-hybridized carbons (Fsp3) is 0.368. The van der Waals surface area contributed by atoms with Gasteiger partial charge >= 0.3 is 0 Å². The minimum absolute atomic E-state index is 0.476. The number of aromatic amines is 1. The lowest BCUT2D eigenvalue weighted by molar-refractivity contribution is 0.277. The lowest BCUT2D eigenvalue weighted by Gasteiger charge is -2.17. The standard InChI is InChI=1S/C19H20N4O/c1-10-17(11(2)23(3)22-10)12-4-5-16-13(6-12)18-14(8-24-16)19(18)15-7-20-9-21-15/h4-7,9,14,18-19H,8H2,1-3H3,(H,20,21)/t14-,18+,19-/m0/s1. The molecule has 3 atom stereocenters. The predicted octanol–water partition coefficient (Wildman–Crippen LogP) is 3.32. The third-order valence-electron chi connectivity index (χ3n) is 5.63. The van der Waals surface area contributed by atoms with Crippen molar-refractivity contribution in [3.63, 3.8) is 0 Å². The molecule has 1 aromatic carbocycles. The van der Waals surface area contributed by atoms with Crippen LogP contribution in [0, 0.1) is 19.8 Å². The van der Waals surface area contributed by atoms with Crippen molar-refractivity contribution in [1.29, 1.82) is 0 Å². The number of hydrogen-bond donors (Lipinski definition) is 1. The van der Waals surface area contributed by atoms with Gasteiger partial charge in [0.1, 0.15) is 5.75 Å². The monoisotopic (exact) mass is 320 g/mol. The van der Waals surface area contributed by atoms with E-state index < -0.39 is 0 Å². The van der Waals surface area contributed by atoms with Gasteiger partial charge in [0.05, 0.1) is 24.3 Å². The van der Waals surface area contributed by atoms with E-state index in [-0.39, 0.29) is 0 Å². The van der Waals surface area contributed by atoms with E-state index in [0.29, 0.717) is 17.8 Å². The lowest BCUT2D eigenvalue weighted by atomic mass is 9.97. The summed E-state index contributed by atoms with van der Waals surface area (Å²) in [5.74, 6) is 2.57. The van der Waals surface area contributed by atoms with Crippen LogP contribution < -0.4 is 4.74 Å². The Morgan fingerprint density at radius 3 is 2.83 bits per heavy atom. The first-order valence-electron chi connectivity index (χ1n) is 8.41. The number of hydrogen-bond acceptors (Lipinski definition) is 3. The summed E-state index contributed by atoms with van der Waals surface area (Å²) in [6.45, 7) is 4.99. The number of benzene rings is 1. The number of aromatic nitrogens is 4. The van der Waals surface area contributed by atoms with E-state index >= 15 is 0 Å². The molecule has 1 N–H and O–H groups in total. The molecule has 1 fully saturated rings. The van der Waals surface area contributed by atoms with Crippen molar-refractivity contribution in [3.8, 4) is 16.9 Å². The van der Waals surface area contributed by atoms with Gasteiger partial charge in [-0.2, -0.15) is 5.10 Å². The topological polar surface area (TPSA) is 55.7 Å². The molecule has 5 heteroatoms. The van der Waals surface area contributed by atoms with Crippen LogP contribution in [0.5, 0.6) is 5.75 Å². The Morgan fingerprint density at radius 1 is 1.25 bits per heavy atom. The second kappa shape index (κ2) is 4.72. The zero-order valence-electron chi connectivity index (χ0n) is 14.1. The third kappa shape index (κ3) is 1.81. The Hall–Kier alpha value is -2.56. The average Bonchev–Trinajstić information content (AvgIpc) is 2.93. The van der Waals surface area contributed by atoms with E-state index in [1.807, 2.05) is 17.9 Å². The summed E-state index contributed by atoms with van der Waals surface area (Å²) in [6, 6.07) is 6.57. The van der Waals surface area contributed by atoms with Gasteiger partial charge in [-0.25, -0.2) is 4.98 Å². The van der Waals surface area contributed by atoms with Crippen molar-refractivity contribution in [2.75, 3.05) is 6.61 Å². The van der Waals surface area contributed by atoms with Crippen molar-refractivity contribution in [2.24, 2.45) is 13.0 Å². The molecule has 5 rings (SSSR count). The molecular weight excluding hydrogens is 300 g/mol. The molecule has 2 aliphatic rings. The second-order valence-electron chi connectivity index (χ2n) is 6.94. The molecular formula is C19H20N4O. The maximum atomic E-state index is 6.00. The number of fused-ring (bicyclic) bond motifs is 3. The molecule has 3 heterocycles. The highest BCUT2D eigenvalue weighted by molar-refractivity contribution is 5.71. The number of nitrogens with zero attached hydrogens (tertiary/aromatic N) is 3. The minimum atomic E-state index is 0.476. The highest BCUT2D eigenvalue weighted by atomic mass is 16.5. The molecule has 2 aromatic heterocycles. The predicted molar refractivity (Wildman–Crippen MR) is 91.2 cm³/mol. The summed E-state index contributed by atoms with van der Waals surface area (Å²) in [7, 11) is 2.00. The molecule has 5 nitrogen and oxygen atoms in total. The molecule has 3 aromatic rings. The molecule has 1 aliphatic heterocycles. The van der Waals surface area contributed by atoms with Crippen LogP contribution in [0.25, 0.3) is 11.1 Å². The Kier molecular flexibility index (Phi) is 2.72. The molecule has 24 heavy (non-hydrogen) atoms. The van der Waals surface area contributed by atoms with Crippen molar-refractivity contribution >= 4 is 0 Å². The largest absolute Gasteiger partial charge is 0.493 e. The van der Waals surface area contributed by atoms with Gasteiger partial charge in [0.2, 0.25) is 0 Å². The first-order valence-corrected chi connectivity index (χ1v) is 8.41. The van der Waals surface area contributed by atoms with Gasteiger partial charge in [0, 0.05) is 42.3 Å². The van der Waals surface area contributed by atoms with E-state index in [0.717, 1.165) is 23.7 Å². The average molecular weight is 320 g/mol. The number of aryl methyl sites for hydroxylation is 2. The summed E-state index contributed by atoms with van der Waals surface area (Å²) >= 11 is 0. The molecule has 0 radical (unpaired) electrons. The maximum Gasteiger partial charge on any atom is 0.122 e. The zero-order valence-corrected chi connectivity index (χ0v) is 14.1. The minimum Gasteiger partial charge on any atom is -0.493 e. The fourth-order valence-electron chi connectivity index (χ4n) is 4.34. The van der Waals surface area contributed by atoms with Gasteiger partial charge in [-0.1, -0.05) is 6.07 Å². The van der Waals surface area contributed by atoms with Gasteiger partial charge in [-0.15, -0.1) is 0 Å². The van der Waals surface area contributed by atoms with Crippen molar-refractivity contribution in [1.82, 2.24) is 19.7 Å². The zero-order chi connectivity index (χ0) is 16.4. The van der Waals surface area contributed by atoms with E-state index in [4.69, 9.17) is 4.74 Å². The number of nitrogens with one attached hydrogen (secondary N) is 1. The fourth-order valence-corrected chi connectivity index (χ4v) is 4.34. The summed E-state index contributed by atoms with van der Waals surface area (Å²) < 4.78 is 7.95. The summed E-state index contributed by atoms with van der Waals surface area (Å²) in [6.07, 6.45) is 3.78. The second-order valence-corrected chi connectivity index (χ2v) is 6.94. The molecule has 0 unspecified atom stereocenters. The smallest absolute Gasteiger partial charge is 0.122 e. The Balaban J connectivity index is 1.59. The van der Waals surface area contributed by atoms with Crippen LogP contribution in [0.2, 0.25) is 0 Å². The number of imidazole rings is 1. The maximum absolute atomic E-state index is 6.00. The Morgan fingerprint density at radius 2 is 2.12 bits per heavy atom. The van der Waals surface area contributed by atoms with Crippen LogP contribution >= 0.6 is 0 Å². The van der Waals surface area contributed by atoms with E-state index in [1.54, 1.807) is 6.33 Å². The first-order chi connectivity index (χ1) is 11.6. The molecule has 1 aliphatic carbocycles. The summed E-state index contributed by atoms with van der Waals surface area (Å²) in [5, 5.41) is 4.56. The number of ether oxygens (including phenoxy) is 1. The summed E-state index contributed by atoms with van der Waals surface area (Å²) in [4.78, 5) is 7.54. The molecule has 0 bridgehead atoms. The molecule has 1 saturated carbocycles. The normalized spacial score (nSPS) is 24.2. The van der Waals surface area contributed by atoms with Gasteiger partial charge in [0.15, 0.2) is 0 Å². The van der Waals surface area contributed by atoms with Crippen LogP contribution in [-0.4, -0.2) is 26.4 Å². The van der Waals surface area contributed by atoms with Gasteiger partial charge in [-0.3, -0.25) is 4.68 Å². The number of H-pyrrole nitrogens is 1. The molecule has 0 spiro atoms. The van der Waals surface area contributed by atoms with Gasteiger partial charge in [0.25, 0.3) is 0 Å². The van der Waals surface area contributed by atoms with E-state index in [9.17, 15) is 0 Å². The van der Waals surface area contributed by atoms with Crippen molar-refractivity contribution in [3.05, 3.63) is 53.4 Å². The number of rotatable bonds is 2. The molecule has 0 saturated heterocycles. The quantitative estimate of drug-likeness (QED) is 0.788. The molecule has 0 amide bonds. The van der Waals surface area contributed by atoms with Crippen LogP contribution in [0.3, 0.4) is 0 Å². The van der Waals surface area contributed by atoms with Crippen LogP contribution in [0.1, 0.15) is 34.5 Å². The van der Waals surface area contributed by atoms with Crippen molar-refractivity contribution in [2.45, 2.75) is 25.7 Å². The van der Waals surface area contributed by atoms with E-state index in [2.05, 4.69) is 47.1 Å². The van der Waals surface area contributed by atoms with Gasteiger partial charge in [-0.05, 0) is 37.1 Å². The van der Waals surface area contributed by atoms with Gasteiger partial charge < -0.3 is 9.72 Å². The third-order valence-corrected chi connectivity index (χ3v) is 5.63. The molecule has 122 valence electrons. The lowest BCUT2D eigenvalue weighted by Crippen LogP contribution is -2.08. The SMILES string of the molecule is Cc1nn(C)c(C)c1-c1ccc2c(c1)[C@@H]1[C@H](CO2)[C@H]1c1c[nH]cn1. The highest BCUT2D eigenvalue weighted by Crippen LogP contribution is 2.64. The highest BCUT2D eigenvalue weighted by Gasteiger charge is 2.56. The van der Waals surface area contributed by atoms with Crippen LogP contribution in [0.4, 0.5) is 0 Å².